The number of amides is 2. The lowest BCUT2D eigenvalue weighted by molar-refractivity contribution is 0.0879. The van der Waals surface area contributed by atoms with Gasteiger partial charge in [-0.1, -0.05) is 42.5 Å². The van der Waals surface area contributed by atoms with Gasteiger partial charge in [0.1, 0.15) is 0 Å². The lowest BCUT2D eigenvalue weighted by Gasteiger charge is -2.21. The van der Waals surface area contributed by atoms with Crippen LogP contribution < -0.4 is 20.8 Å². The molecule has 2 aliphatic rings. The molecule has 0 spiro atoms. The van der Waals surface area contributed by atoms with Gasteiger partial charge in [-0.05, 0) is 38.0 Å². The van der Waals surface area contributed by atoms with Gasteiger partial charge in [0, 0.05) is 24.2 Å². The molecule has 1 aromatic heterocycles. The molecule has 0 saturated carbocycles. The molecule has 5 rings (SSSR count). The van der Waals surface area contributed by atoms with Crippen LogP contribution in [0.1, 0.15) is 40.5 Å². The summed E-state index contributed by atoms with van der Waals surface area (Å²) in [5.41, 5.74) is 3.36. The van der Waals surface area contributed by atoms with E-state index >= 15 is 0 Å². The Bertz CT molecular complexity index is 1200. The van der Waals surface area contributed by atoms with Crippen LogP contribution in [0.15, 0.2) is 48.5 Å². The zero-order chi connectivity index (χ0) is 20.4. The van der Waals surface area contributed by atoms with Crippen molar-refractivity contribution in [1.82, 2.24) is 10.3 Å². The summed E-state index contributed by atoms with van der Waals surface area (Å²) >= 11 is 0. The van der Waals surface area contributed by atoms with Crippen molar-refractivity contribution in [2.45, 2.75) is 19.8 Å². The fourth-order valence-electron chi connectivity index (χ4n) is 3.72. The molecular formula is C24H23N3O2. The normalized spacial score (nSPS) is 14.0. The molecule has 2 aromatic carbocycles. The molecule has 1 N–H and O–H groups in total. The van der Waals surface area contributed by atoms with E-state index in [0.29, 0.717) is 11.1 Å². The number of hydrogen-bond donors (Lipinski definition) is 1. The van der Waals surface area contributed by atoms with Crippen LogP contribution in [0.25, 0.3) is 23.1 Å². The van der Waals surface area contributed by atoms with Crippen LogP contribution in [0.2, 0.25) is 0 Å². The average molecular weight is 385 g/mol. The van der Waals surface area contributed by atoms with Crippen molar-refractivity contribution >= 4 is 40.6 Å². The number of carbonyl (C=O) groups excluding carboxylic acids is 2. The molecule has 2 heterocycles. The van der Waals surface area contributed by atoms with E-state index in [0.717, 1.165) is 30.3 Å². The number of nitrogens with zero attached hydrogens (tertiary/aromatic N) is 2. The third-order valence-electron chi connectivity index (χ3n) is 5.28. The monoisotopic (exact) mass is 385 g/mol. The Labute approximate surface area is 169 Å². The van der Waals surface area contributed by atoms with Crippen LogP contribution in [0.5, 0.6) is 0 Å². The Morgan fingerprint density at radius 1 is 0.931 bits per heavy atom. The van der Waals surface area contributed by atoms with Crippen molar-refractivity contribution in [3.8, 4) is 0 Å². The van der Waals surface area contributed by atoms with Crippen molar-refractivity contribution in [3.63, 3.8) is 0 Å². The molecule has 0 saturated heterocycles. The maximum Gasteiger partial charge on any atom is 0.258 e. The van der Waals surface area contributed by atoms with Crippen LogP contribution in [-0.2, 0) is 0 Å². The molecule has 5 nitrogen and oxygen atoms in total. The maximum absolute atomic E-state index is 10.9. The topological polar surface area (TPSA) is 62.3 Å². The largest absolute Gasteiger partial charge is 0.374 e. The number of nitrogens with one attached hydrogen (secondary N) is 1. The summed E-state index contributed by atoms with van der Waals surface area (Å²) in [6.07, 6.45) is 6.82. The highest BCUT2D eigenvalue weighted by Crippen LogP contribution is 2.20. The summed E-state index contributed by atoms with van der Waals surface area (Å²) in [6, 6.07) is 15.2. The molecule has 1 aliphatic heterocycles. The Hall–Kier alpha value is -3.47. The lowest BCUT2D eigenvalue weighted by Crippen LogP contribution is -2.36. The molecule has 0 atom stereocenters. The van der Waals surface area contributed by atoms with Gasteiger partial charge in [-0.3, -0.25) is 14.9 Å². The first-order chi connectivity index (χ1) is 14.1. The first-order valence-electron chi connectivity index (χ1n) is 9.85. The predicted octanol–water partition coefficient (Wildman–Crippen LogP) is 2.62. The van der Waals surface area contributed by atoms with Crippen molar-refractivity contribution in [2.24, 2.45) is 0 Å². The van der Waals surface area contributed by atoms with Crippen LogP contribution >= 0.6 is 0 Å². The van der Waals surface area contributed by atoms with E-state index in [-0.39, 0.29) is 11.8 Å². The second kappa shape index (κ2) is 7.87. The Morgan fingerprint density at radius 3 is 2.24 bits per heavy atom. The summed E-state index contributed by atoms with van der Waals surface area (Å²) in [4.78, 5) is 29.0. The van der Waals surface area contributed by atoms with Gasteiger partial charge in [0.2, 0.25) is 0 Å². The number of fused-ring (bicyclic) bond motifs is 3. The number of benzene rings is 2. The smallest absolute Gasteiger partial charge is 0.258 e. The fourth-order valence-corrected chi connectivity index (χ4v) is 3.72. The van der Waals surface area contributed by atoms with Crippen LogP contribution in [0.4, 0.5) is 5.69 Å². The second-order valence-electron chi connectivity index (χ2n) is 7.11. The van der Waals surface area contributed by atoms with Gasteiger partial charge in [0.25, 0.3) is 11.8 Å². The summed E-state index contributed by atoms with van der Waals surface area (Å²) in [5.74, 6) is -0.601. The maximum atomic E-state index is 10.9. The molecule has 0 bridgehead atoms. The summed E-state index contributed by atoms with van der Waals surface area (Å²) in [5, 5.41) is 5.92. The van der Waals surface area contributed by atoms with E-state index in [2.05, 4.69) is 60.6 Å². The minimum atomic E-state index is -0.300. The Balaban J connectivity index is 0.000000159. The molecule has 5 heteroatoms. The van der Waals surface area contributed by atoms with Crippen LogP contribution in [-0.4, -0.2) is 30.4 Å². The number of anilines is 1. The van der Waals surface area contributed by atoms with E-state index in [1.807, 2.05) is 0 Å². The summed E-state index contributed by atoms with van der Waals surface area (Å²) < 4.78 is 0. The van der Waals surface area contributed by atoms with E-state index in [1.54, 1.807) is 24.3 Å². The van der Waals surface area contributed by atoms with Crippen molar-refractivity contribution in [2.75, 3.05) is 18.5 Å². The number of aromatic nitrogens is 1. The molecule has 0 fully saturated rings. The molecule has 0 unspecified atom stereocenters. The van der Waals surface area contributed by atoms with Gasteiger partial charge >= 0.3 is 0 Å². The fraction of sp³-hybridized carbons (Fsp3) is 0.208. The highest BCUT2D eigenvalue weighted by Gasteiger charge is 2.25. The van der Waals surface area contributed by atoms with E-state index in [4.69, 9.17) is 4.98 Å². The molecule has 1 aliphatic carbocycles. The molecule has 146 valence electrons. The third kappa shape index (κ3) is 3.51. The zero-order valence-electron chi connectivity index (χ0n) is 16.6. The standard InChI is InChI=1S/C16H18N2.C8H5NO2/c1-3-18(2)16-12-8-4-6-10-14(12)17-15-11-7-5-9-13(15)16;10-7-5-3-1-2-4-6(5)8(11)9-7/h4,6,8-11H,3,5,7H2,1-2H3;1-4H,(H,9,10,11). The molecule has 3 aromatic rings. The number of rotatable bonds is 2. The first kappa shape index (κ1) is 18.9. The third-order valence-corrected chi connectivity index (χ3v) is 5.28. The Kier molecular flexibility index (Phi) is 5.12. The van der Waals surface area contributed by atoms with Gasteiger partial charge < -0.3 is 4.90 Å². The SMILES string of the molecule is CCN(C)c1c2c(nc3ccccc13)=CCCC=2.O=C1NC(=O)c2ccccc21. The molecule has 29 heavy (non-hydrogen) atoms. The summed E-state index contributed by atoms with van der Waals surface area (Å²) in [6.45, 7) is 3.20. The molecular weight excluding hydrogens is 362 g/mol. The number of hydrogen-bond acceptors (Lipinski definition) is 4. The summed E-state index contributed by atoms with van der Waals surface area (Å²) in [7, 11) is 2.16. The van der Waals surface area contributed by atoms with E-state index < -0.39 is 0 Å². The number of carbonyl (C=O) groups is 2. The van der Waals surface area contributed by atoms with Crippen molar-refractivity contribution < 1.29 is 9.59 Å². The van der Waals surface area contributed by atoms with Gasteiger partial charge in [-0.15, -0.1) is 0 Å². The van der Waals surface area contributed by atoms with Gasteiger partial charge in [-0.25, -0.2) is 4.98 Å². The minimum absolute atomic E-state index is 0.300. The number of para-hydroxylation sites is 1. The van der Waals surface area contributed by atoms with E-state index in [1.165, 1.54) is 16.3 Å². The second-order valence-corrected chi connectivity index (χ2v) is 7.11. The first-order valence-corrected chi connectivity index (χ1v) is 9.85. The van der Waals surface area contributed by atoms with E-state index in [9.17, 15) is 9.59 Å². The lowest BCUT2D eigenvalue weighted by atomic mass is 10.1. The van der Waals surface area contributed by atoms with Crippen LogP contribution in [0.3, 0.4) is 0 Å². The van der Waals surface area contributed by atoms with Gasteiger partial charge in [0.15, 0.2) is 0 Å². The number of imide groups is 1. The predicted molar refractivity (Wildman–Crippen MR) is 116 cm³/mol. The zero-order valence-corrected chi connectivity index (χ0v) is 16.6. The Morgan fingerprint density at radius 2 is 1.55 bits per heavy atom. The number of pyridine rings is 1. The average Bonchev–Trinajstić information content (AvgIpc) is 3.06. The van der Waals surface area contributed by atoms with Crippen LogP contribution in [0, 0.1) is 0 Å². The van der Waals surface area contributed by atoms with Gasteiger partial charge in [0.05, 0.1) is 27.7 Å². The molecule has 2 amide bonds. The van der Waals surface area contributed by atoms with Crippen molar-refractivity contribution in [3.05, 3.63) is 70.2 Å². The highest BCUT2D eigenvalue weighted by atomic mass is 16.2. The molecule has 0 radical (unpaired) electrons. The quantitative estimate of drug-likeness (QED) is 0.689. The minimum Gasteiger partial charge on any atom is -0.374 e. The highest BCUT2D eigenvalue weighted by molar-refractivity contribution is 6.21. The van der Waals surface area contributed by atoms with Gasteiger partial charge in [-0.2, -0.15) is 0 Å². The van der Waals surface area contributed by atoms with Crippen molar-refractivity contribution in [1.29, 1.82) is 0 Å².